The molecule has 130 valence electrons. The average Bonchev–Trinajstić information content (AvgIpc) is 2.76. The van der Waals surface area contributed by atoms with E-state index >= 15 is 0 Å². The number of hydrogen-bond acceptors (Lipinski definition) is 3. The van der Waals surface area contributed by atoms with Crippen molar-refractivity contribution in [2.45, 2.75) is 24.4 Å². The topological polar surface area (TPSA) is 55.2 Å². The van der Waals surface area contributed by atoms with E-state index in [1.54, 1.807) is 0 Å². The first-order chi connectivity index (χ1) is 11.9. The third kappa shape index (κ3) is 2.81. The number of nitrogens with zero attached hydrogens (tertiary/aromatic N) is 3. The molecule has 0 fully saturated rings. The molecule has 1 aliphatic heterocycles. The van der Waals surface area contributed by atoms with Gasteiger partial charge in [-0.1, -0.05) is 12.1 Å². The van der Waals surface area contributed by atoms with Crippen LogP contribution < -0.4 is 0 Å². The van der Waals surface area contributed by atoms with E-state index in [9.17, 15) is 17.2 Å². The molecule has 1 aromatic heterocycles. The van der Waals surface area contributed by atoms with Gasteiger partial charge in [-0.25, -0.2) is 22.2 Å². The summed E-state index contributed by atoms with van der Waals surface area (Å²) in [5.41, 5.74) is 1.75. The number of rotatable bonds is 2. The minimum Gasteiger partial charge on any atom is -0.327 e. The van der Waals surface area contributed by atoms with Crippen molar-refractivity contribution in [2.75, 3.05) is 6.54 Å². The lowest BCUT2D eigenvalue weighted by molar-refractivity contribution is 0.406. The zero-order chi connectivity index (χ0) is 17.6. The van der Waals surface area contributed by atoms with Crippen LogP contribution in [0.1, 0.15) is 12.2 Å². The van der Waals surface area contributed by atoms with Gasteiger partial charge in [-0.05, 0) is 30.7 Å². The van der Waals surface area contributed by atoms with E-state index in [0.717, 1.165) is 23.2 Å². The van der Waals surface area contributed by atoms with E-state index in [1.165, 1.54) is 4.31 Å². The third-order valence-electron chi connectivity index (χ3n) is 4.31. The van der Waals surface area contributed by atoms with Crippen molar-refractivity contribution in [2.24, 2.45) is 0 Å². The molecule has 0 bridgehead atoms. The standard InChI is InChI=1S/C17H15F2N3O2S/c18-12-8-13(19)10-14(9-12)25(23,24)21-6-3-7-22-16-5-2-1-4-15(16)20-17(22)11-21/h1-2,4-5,8-10H,3,6-7,11H2. The molecule has 0 amide bonds. The first-order valence-electron chi connectivity index (χ1n) is 7.85. The summed E-state index contributed by atoms with van der Waals surface area (Å²) in [5.74, 6) is -1.21. The number of imidazole rings is 1. The number of hydrogen-bond donors (Lipinski definition) is 0. The summed E-state index contributed by atoms with van der Waals surface area (Å²) in [6, 6.07) is 9.93. The second-order valence-electron chi connectivity index (χ2n) is 5.97. The largest absolute Gasteiger partial charge is 0.327 e. The molecule has 2 aromatic carbocycles. The van der Waals surface area contributed by atoms with Crippen LogP contribution in [0, 0.1) is 11.6 Å². The Bertz CT molecular complexity index is 1040. The zero-order valence-corrected chi connectivity index (χ0v) is 14.0. The molecule has 0 saturated carbocycles. The normalized spacial score (nSPS) is 15.9. The maximum Gasteiger partial charge on any atom is 0.243 e. The highest BCUT2D eigenvalue weighted by molar-refractivity contribution is 7.89. The van der Waals surface area contributed by atoms with Gasteiger partial charge in [0.2, 0.25) is 10.0 Å². The van der Waals surface area contributed by atoms with Crippen molar-refractivity contribution < 1.29 is 17.2 Å². The van der Waals surface area contributed by atoms with Crippen molar-refractivity contribution in [3.8, 4) is 0 Å². The Morgan fingerprint density at radius 1 is 1.00 bits per heavy atom. The smallest absolute Gasteiger partial charge is 0.243 e. The van der Waals surface area contributed by atoms with E-state index in [0.29, 0.717) is 24.9 Å². The van der Waals surface area contributed by atoms with Crippen LogP contribution in [0.3, 0.4) is 0 Å². The number of fused-ring (bicyclic) bond motifs is 3. The number of benzene rings is 2. The molecule has 0 radical (unpaired) electrons. The second kappa shape index (κ2) is 5.89. The maximum atomic E-state index is 13.4. The lowest BCUT2D eigenvalue weighted by Crippen LogP contribution is -2.31. The summed E-state index contributed by atoms with van der Waals surface area (Å²) >= 11 is 0. The predicted octanol–water partition coefficient (Wildman–Crippen LogP) is 2.91. The first-order valence-corrected chi connectivity index (χ1v) is 9.29. The van der Waals surface area contributed by atoms with Gasteiger partial charge in [-0.3, -0.25) is 0 Å². The minimum atomic E-state index is -4.01. The van der Waals surface area contributed by atoms with Crippen LogP contribution in [-0.2, 0) is 23.1 Å². The molecule has 8 heteroatoms. The fraction of sp³-hybridized carbons (Fsp3) is 0.235. The van der Waals surface area contributed by atoms with E-state index in [2.05, 4.69) is 4.98 Å². The molecular weight excluding hydrogens is 348 g/mol. The van der Waals surface area contributed by atoms with E-state index in [1.807, 2.05) is 28.8 Å². The van der Waals surface area contributed by atoms with Gasteiger partial charge < -0.3 is 4.57 Å². The molecule has 1 aliphatic rings. The van der Waals surface area contributed by atoms with Crippen molar-refractivity contribution in [1.29, 1.82) is 0 Å². The van der Waals surface area contributed by atoms with Crippen LogP contribution in [0.15, 0.2) is 47.4 Å². The van der Waals surface area contributed by atoms with Crippen LogP contribution in [0.25, 0.3) is 11.0 Å². The Balaban J connectivity index is 1.75. The molecule has 5 nitrogen and oxygen atoms in total. The van der Waals surface area contributed by atoms with Gasteiger partial charge >= 0.3 is 0 Å². The highest BCUT2D eigenvalue weighted by atomic mass is 32.2. The highest BCUT2D eigenvalue weighted by Gasteiger charge is 2.29. The molecule has 3 aromatic rings. The second-order valence-corrected chi connectivity index (χ2v) is 7.90. The summed E-state index contributed by atoms with van der Waals surface area (Å²) in [6.07, 6.45) is 0.588. The molecule has 0 aliphatic carbocycles. The van der Waals surface area contributed by atoms with Gasteiger partial charge in [0.1, 0.15) is 17.5 Å². The summed E-state index contributed by atoms with van der Waals surface area (Å²) in [5, 5.41) is 0. The molecule has 0 unspecified atom stereocenters. The monoisotopic (exact) mass is 363 g/mol. The quantitative estimate of drug-likeness (QED) is 0.703. The van der Waals surface area contributed by atoms with Crippen LogP contribution in [0.2, 0.25) is 0 Å². The van der Waals surface area contributed by atoms with Gasteiger partial charge in [-0.15, -0.1) is 0 Å². The molecule has 0 spiro atoms. The Hall–Kier alpha value is -2.32. The fourth-order valence-electron chi connectivity index (χ4n) is 3.17. The average molecular weight is 363 g/mol. The molecule has 2 heterocycles. The Morgan fingerprint density at radius 3 is 2.48 bits per heavy atom. The summed E-state index contributed by atoms with van der Waals surface area (Å²) < 4.78 is 55.8. The van der Waals surface area contributed by atoms with Crippen molar-refractivity contribution >= 4 is 21.1 Å². The number of para-hydroxylation sites is 2. The fourth-order valence-corrected chi connectivity index (χ4v) is 4.65. The first kappa shape index (κ1) is 16.2. The number of aromatic nitrogens is 2. The summed E-state index contributed by atoms with van der Waals surface area (Å²) in [7, 11) is -4.01. The van der Waals surface area contributed by atoms with Crippen molar-refractivity contribution in [3.05, 3.63) is 59.9 Å². The molecular formula is C17H15F2N3O2S. The Morgan fingerprint density at radius 2 is 1.72 bits per heavy atom. The van der Waals surface area contributed by atoms with E-state index < -0.39 is 21.7 Å². The highest BCUT2D eigenvalue weighted by Crippen LogP contribution is 2.25. The van der Waals surface area contributed by atoms with Gasteiger partial charge in [0, 0.05) is 19.2 Å². The Kier molecular flexibility index (Phi) is 3.81. The number of halogens is 2. The van der Waals surface area contributed by atoms with Gasteiger partial charge in [0.15, 0.2) is 0 Å². The number of aryl methyl sites for hydroxylation is 1. The van der Waals surface area contributed by atoms with Gasteiger partial charge in [0.25, 0.3) is 0 Å². The summed E-state index contributed by atoms with van der Waals surface area (Å²) in [6.45, 7) is 0.965. The van der Waals surface area contributed by atoms with Crippen molar-refractivity contribution in [1.82, 2.24) is 13.9 Å². The predicted molar refractivity (Wildman–Crippen MR) is 88.3 cm³/mol. The van der Waals surface area contributed by atoms with Gasteiger partial charge in [-0.2, -0.15) is 4.31 Å². The van der Waals surface area contributed by atoms with Crippen LogP contribution in [-0.4, -0.2) is 28.8 Å². The SMILES string of the molecule is O=S(=O)(c1cc(F)cc(F)c1)N1CCCn2c(nc3ccccc32)C1. The molecule has 0 N–H and O–H groups in total. The van der Waals surface area contributed by atoms with Crippen LogP contribution in [0.4, 0.5) is 8.78 Å². The maximum absolute atomic E-state index is 13.4. The molecule has 0 atom stereocenters. The van der Waals surface area contributed by atoms with Gasteiger partial charge in [0.05, 0.1) is 22.5 Å². The van der Waals surface area contributed by atoms with Crippen LogP contribution in [0.5, 0.6) is 0 Å². The molecule has 4 rings (SSSR count). The van der Waals surface area contributed by atoms with E-state index in [4.69, 9.17) is 0 Å². The zero-order valence-electron chi connectivity index (χ0n) is 13.2. The lowest BCUT2D eigenvalue weighted by atomic mass is 10.3. The van der Waals surface area contributed by atoms with Crippen molar-refractivity contribution in [3.63, 3.8) is 0 Å². The van der Waals surface area contributed by atoms with E-state index in [-0.39, 0.29) is 18.0 Å². The molecule has 0 saturated heterocycles. The minimum absolute atomic E-state index is 0.0646. The molecule has 25 heavy (non-hydrogen) atoms. The third-order valence-corrected chi connectivity index (χ3v) is 6.14. The van der Waals surface area contributed by atoms with Crippen LogP contribution >= 0.6 is 0 Å². The Labute approximate surface area is 143 Å². The lowest BCUT2D eigenvalue weighted by Gasteiger charge is -2.19. The summed E-state index contributed by atoms with van der Waals surface area (Å²) in [4.78, 5) is 4.13. The number of sulfonamides is 1.